The molecule has 174 valence electrons. The lowest BCUT2D eigenvalue weighted by molar-refractivity contribution is -0.135. The third-order valence-electron chi connectivity index (χ3n) is 7.83. The summed E-state index contributed by atoms with van der Waals surface area (Å²) in [4.78, 5) is 40.3. The Labute approximate surface area is 190 Å². The van der Waals surface area contributed by atoms with Gasteiger partial charge in [0.15, 0.2) is 11.6 Å². The van der Waals surface area contributed by atoms with Gasteiger partial charge in [-0.05, 0) is 68.3 Å². The first-order valence-corrected chi connectivity index (χ1v) is 11.2. The second-order valence-corrected chi connectivity index (χ2v) is 9.63. The number of hydrogen-bond acceptors (Lipinski definition) is 8. The van der Waals surface area contributed by atoms with Crippen LogP contribution in [0.2, 0.25) is 0 Å². The predicted octanol–water partition coefficient (Wildman–Crippen LogP) is 1.01. The van der Waals surface area contributed by atoms with E-state index in [4.69, 9.17) is 11.5 Å². The lowest BCUT2D eigenvalue weighted by Gasteiger charge is -2.43. The molecule has 33 heavy (non-hydrogen) atoms. The number of amides is 1. The number of ketones is 2. The summed E-state index contributed by atoms with van der Waals surface area (Å²) in [7, 11) is 2.03. The van der Waals surface area contributed by atoms with Gasteiger partial charge in [0.25, 0.3) is 5.91 Å². The van der Waals surface area contributed by atoms with E-state index in [9.17, 15) is 29.7 Å². The summed E-state index contributed by atoms with van der Waals surface area (Å²) in [6, 6.07) is 2.69. The van der Waals surface area contributed by atoms with Crippen LogP contribution in [0.15, 0.2) is 29.0 Å². The zero-order chi connectivity index (χ0) is 23.8. The number of hydrogen-bond donors (Lipinski definition) is 5. The molecule has 4 aliphatic rings. The number of carbonyl (C=O) groups excluding carboxylic acids is 3. The maximum atomic E-state index is 13.4. The molecule has 1 aromatic rings. The fraction of sp³-hybridized carbons (Fsp3) is 0.458. The van der Waals surface area contributed by atoms with Crippen molar-refractivity contribution in [2.75, 3.05) is 13.6 Å². The van der Waals surface area contributed by atoms with Crippen molar-refractivity contribution in [2.24, 2.45) is 29.2 Å². The van der Waals surface area contributed by atoms with E-state index in [1.54, 1.807) is 6.07 Å². The lowest BCUT2D eigenvalue weighted by Crippen LogP contribution is -2.54. The van der Waals surface area contributed by atoms with Crippen LogP contribution < -0.4 is 11.5 Å². The van der Waals surface area contributed by atoms with Crippen LogP contribution in [0.4, 0.5) is 0 Å². The molecule has 0 spiro atoms. The van der Waals surface area contributed by atoms with Crippen molar-refractivity contribution in [1.82, 2.24) is 4.90 Å². The molecule has 2 fully saturated rings. The van der Waals surface area contributed by atoms with E-state index in [0.717, 1.165) is 30.5 Å². The van der Waals surface area contributed by atoms with Gasteiger partial charge in [0.2, 0.25) is 0 Å². The van der Waals surface area contributed by atoms with Crippen molar-refractivity contribution in [1.29, 1.82) is 0 Å². The third-order valence-corrected chi connectivity index (χ3v) is 7.83. The van der Waals surface area contributed by atoms with Crippen molar-refractivity contribution in [3.63, 3.8) is 0 Å². The van der Waals surface area contributed by atoms with E-state index < -0.39 is 52.6 Å². The minimum absolute atomic E-state index is 0.0653. The second-order valence-electron chi connectivity index (χ2n) is 9.63. The molecule has 5 rings (SSSR count). The van der Waals surface area contributed by atoms with Gasteiger partial charge in [-0.25, -0.2) is 0 Å². The van der Waals surface area contributed by atoms with Gasteiger partial charge in [-0.15, -0.1) is 0 Å². The third kappa shape index (κ3) is 3.02. The van der Waals surface area contributed by atoms with Crippen LogP contribution in [0, 0.1) is 17.8 Å². The summed E-state index contributed by atoms with van der Waals surface area (Å²) >= 11 is 0. The molecule has 1 saturated heterocycles. The molecular weight excluding hydrogens is 426 g/mol. The Balaban J connectivity index is 1.59. The normalized spacial score (nSPS) is 32.0. The minimum atomic E-state index is -1.30. The Hall–Kier alpha value is -3.17. The molecule has 0 aromatic heterocycles. The van der Waals surface area contributed by atoms with Gasteiger partial charge in [-0.3, -0.25) is 19.3 Å². The van der Waals surface area contributed by atoms with E-state index in [2.05, 4.69) is 4.90 Å². The minimum Gasteiger partial charge on any atom is -0.510 e. The number of nitrogens with zero attached hydrogens (tertiary/aromatic N) is 1. The highest BCUT2D eigenvalue weighted by molar-refractivity contribution is 6.28. The van der Waals surface area contributed by atoms with Crippen LogP contribution in [0.3, 0.4) is 0 Å². The van der Waals surface area contributed by atoms with E-state index in [-0.39, 0.29) is 35.1 Å². The first kappa shape index (κ1) is 21.7. The van der Waals surface area contributed by atoms with E-state index >= 15 is 0 Å². The molecule has 5 atom stereocenters. The number of phenols is 1. The summed E-state index contributed by atoms with van der Waals surface area (Å²) in [5.41, 5.74) is 12.7. The standard InChI is InChI=1S/C24H27N3O6/c1-27-4-2-3-13(27)9-5-10-6-11-7-12-17(22(31)18(24(26)33)23(32)19(12)25)21(30)16(11)20(29)15(10)14(28)8-9/h5,8,11-13,17,19,28-29,32H,2-4,6-7,25H2,1H3,(H2,26,33)/t11-,12+,13?,17+,19-/m0/s1. The number of phenolic OH excluding ortho intramolecular Hbond substituents is 1. The number of nitrogens with two attached hydrogens (primary N) is 2. The number of primary amides is 1. The molecule has 1 saturated carbocycles. The van der Waals surface area contributed by atoms with Crippen LogP contribution in [-0.2, 0) is 20.8 Å². The molecule has 3 aliphatic carbocycles. The summed E-state index contributed by atoms with van der Waals surface area (Å²) in [6.07, 6.45) is 2.69. The molecule has 0 radical (unpaired) electrons. The van der Waals surface area contributed by atoms with Crippen LogP contribution >= 0.6 is 0 Å². The number of aliphatic hydroxyl groups excluding tert-OH is 2. The van der Waals surface area contributed by atoms with Crippen molar-refractivity contribution < 1.29 is 29.7 Å². The molecule has 1 heterocycles. The molecule has 1 aliphatic heterocycles. The monoisotopic (exact) mass is 453 g/mol. The fourth-order valence-corrected chi connectivity index (χ4v) is 6.28. The van der Waals surface area contributed by atoms with Gasteiger partial charge in [-0.1, -0.05) is 6.07 Å². The second kappa shape index (κ2) is 7.43. The first-order valence-electron chi connectivity index (χ1n) is 11.2. The number of carbonyl (C=O) groups is 3. The van der Waals surface area contributed by atoms with Crippen molar-refractivity contribution >= 4 is 23.2 Å². The van der Waals surface area contributed by atoms with Crippen LogP contribution in [-0.4, -0.2) is 57.3 Å². The van der Waals surface area contributed by atoms with Gasteiger partial charge in [0.1, 0.15) is 22.8 Å². The zero-order valence-corrected chi connectivity index (χ0v) is 18.2. The largest absolute Gasteiger partial charge is 0.510 e. The SMILES string of the molecule is CN1CCCC1c1cc(O)c2c(c1)C[C@H]1C[C@@H]3[C@@H](C(=O)C(C(N)=O)=C(O)[C@H]3N)C(=O)C1=C2O. The van der Waals surface area contributed by atoms with Crippen LogP contribution in [0.5, 0.6) is 5.75 Å². The molecule has 9 nitrogen and oxygen atoms in total. The number of allylic oxidation sites excluding steroid dienone is 1. The zero-order valence-electron chi connectivity index (χ0n) is 18.2. The average molecular weight is 453 g/mol. The molecule has 0 bridgehead atoms. The maximum Gasteiger partial charge on any atom is 0.255 e. The molecule has 1 unspecified atom stereocenters. The van der Waals surface area contributed by atoms with Gasteiger partial charge >= 0.3 is 0 Å². The number of benzene rings is 1. The Bertz CT molecular complexity index is 1170. The van der Waals surface area contributed by atoms with E-state index in [0.29, 0.717) is 6.42 Å². The maximum absolute atomic E-state index is 13.4. The summed E-state index contributed by atoms with van der Waals surface area (Å²) < 4.78 is 0. The number of likely N-dealkylation sites (tertiary alicyclic amines) is 1. The highest BCUT2D eigenvalue weighted by Crippen LogP contribution is 2.50. The molecular formula is C24H27N3O6. The number of Topliss-reactive ketones (excluding diaryl/α,β-unsaturated/α-hetero) is 2. The summed E-state index contributed by atoms with van der Waals surface area (Å²) in [5, 5.41) is 32.2. The fourth-order valence-electron chi connectivity index (χ4n) is 6.28. The van der Waals surface area contributed by atoms with Crippen LogP contribution in [0.1, 0.15) is 42.0 Å². The van der Waals surface area contributed by atoms with Gasteiger partial charge < -0.3 is 26.8 Å². The number of rotatable bonds is 2. The van der Waals surface area contributed by atoms with Crippen molar-refractivity contribution in [3.05, 3.63) is 45.7 Å². The topological polar surface area (TPSA) is 167 Å². The Morgan fingerprint density at radius 2 is 1.88 bits per heavy atom. The summed E-state index contributed by atoms with van der Waals surface area (Å²) in [5.74, 6) is -6.12. The quantitative estimate of drug-likeness (QED) is 0.327. The number of aromatic hydroxyl groups is 1. The molecule has 1 amide bonds. The molecule has 9 heteroatoms. The van der Waals surface area contributed by atoms with Crippen molar-refractivity contribution in [3.8, 4) is 5.75 Å². The van der Waals surface area contributed by atoms with Crippen molar-refractivity contribution in [2.45, 2.75) is 37.8 Å². The smallest absolute Gasteiger partial charge is 0.255 e. The molecule has 7 N–H and O–H groups in total. The van der Waals surface area contributed by atoms with E-state index in [1.165, 1.54) is 0 Å². The molecule has 1 aromatic carbocycles. The Morgan fingerprint density at radius 1 is 1.15 bits per heavy atom. The highest BCUT2D eigenvalue weighted by Gasteiger charge is 2.54. The number of aliphatic hydroxyl groups is 2. The van der Waals surface area contributed by atoms with Gasteiger partial charge in [0, 0.05) is 11.6 Å². The van der Waals surface area contributed by atoms with E-state index in [1.807, 2.05) is 13.1 Å². The predicted molar refractivity (Wildman–Crippen MR) is 118 cm³/mol. The number of fused-ring (bicyclic) bond motifs is 3. The Kier molecular flexibility index (Phi) is 4.88. The Morgan fingerprint density at radius 3 is 2.52 bits per heavy atom. The first-order chi connectivity index (χ1) is 15.6. The van der Waals surface area contributed by atoms with Gasteiger partial charge in [0.05, 0.1) is 17.5 Å². The van der Waals surface area contributed by atoms with Crippen LogP contribution in [0.25, 0.3) is 5.76 Å². The highest BCUT2D eigenvalue weighted by atomic mass is 16.3. The average Bonchev–Trinajstić information content (AvgIpc) is 3.17. The summed E-state index contributed by atoms with van der Waals surface area (Å²) in [6.45, 7) is 0.966. The lowest BCUT2D eigenvalue weighted by atomic mass is 9.60. The van der Waals surface area contributed by atoms with Gasteiger partial charge in [-0.2, -0.15) is 0 Å².